The number of anilines is 1. The minimum absolute atomic E-state index is 0.0281. The number of Topliss-reactive ketones (excluding diaryl/α,β-unsaturated/α-hetero) is 1. The molecule has 2 aromatic carbocycles. The van der Waals surface area contributed by atoms with Crippen LogP contribution in [0.2, 0.25) is 0 Å². The van der Waals surface area contributed by atoms with Crippen molar-refractivity contribution in [2.45, 2.75) is 59.0 Å². The van der Waals surface area contributed by atoms with Gasteiger partial charge in [0.05, 0.1) is 28.7 Å². The molecule has 0 atom stereocenters. The molecule has 1 saturated heterocycles. The molecule has 208 valence electrons. The fourth-order valence-corrected chi connectivity index (χ4v) is 5.31. The molecule has 1 fully saturated rings. The summed E-state index contributed by atoms with van der Waals surface area (Å²) in [6.45, 7) is 7.34. The second-order valence-electron chi connectivity index (χ2n) is 10.6. The molecule has 3 N–H and O–H groups in total. The van der Waals surface area contributed by atoms with Crippen molar-refractivity contribution in [2.24, 2.45) is 5.73 Å². The third kappa shape index (κ3) is 5.56. The Balaban J connectivity index is 1.34. The van der Waals surface area contributed by atoms with Gasteiger partial charge in [-0.25, -0.2) is 4.68 Å². The van der Waals surface area contributed by atoms with Gasteiger partial charge in [0, 0.05) is 48.3 Å². The summed E-state index contributed by atoms with van der Waals surface area (Å²) < 4.78 is 3.60. The van der Waals surface area contributed by atoms with Crippen LogP contribution in [0.25, 0.3) is 16.6 Å². The molecular formula is C31H36N6O3. The smallest absolute Gasteiger partial charge is 0.257 e. The quantitative estimate of drug-likeness (QED) is 0.316. The number of hydrogen-bond acceptors (Lipinski definition) is 5. The fourth-order valence-electron chi connectivity index (χ4n) is 5.31. The van der Waals surface area contributed by atoms with Crippen LogP contribution in [0, 0.1) is 13.8 Å². The van der Waals surface area contributed by atoms with Gasteiger partial charge in [-0.3, -0.25) is 14.4 Å². The highest BCUT2D eigenvalue weighted by atomic mass is 16.2. The molecule has 0 aliphatic carbocycles. The van der Waals surface area contributed by atoms with Crippen LogP contribution >= 0.6 is 0 Å². The van der Waals surface area contributed by atoms with E-state index in [4.69, 9.17) is 5.73 Å². The summed E-state index contributed by atoms with van der Waals surface area (Å²) in [5.74, 6) is -0.132. The summed E-state index contributed by atoms with van der Waals surface area (Å²) in [6.07, 6.45) is 6.29. The van der Waals surface area contributed by atoms with E-state index >= 15 is 0 Å². The number of carbonyl (C=O) groups is 3. The van der Waals surface area contributed by atoms with Gasteiger partial charge in [-0.15, -0.1) is 0 Å². The number of piperidine rings is 1. The Labute approximate surface area is 233 Å². The van der Waals surface area contributed by atoms with Crippen molar-refractivity contribution in [2.75, 3.05) is 18.4 Å². The molecule has 0 spiro atoms. The topological polar surface area (TPSA) is 115 Å². The first kappa shape index (κ1) is 27.3. The van der Waals surface area contributed by atoms with E-state index in [9.17, 15) is 14.4 Å². The van der Waals surface area contributed by atoms with Crippen LogP contribution in [0.4, 0.5) is 5.69 Å². The lowest BCUT2D eigenvalue weighted by Gasteiger charge is -2.30. The van der Waals surface area contributed by atoms with Gasteiger partial charge in [0.1, 0.15) is 6.54 Å². The van der Waals surface area contributed by atoms with Crippen LogP contribution in [0.5, 0.6) is 0 Å². The van der Waals surface area contributed by atoms with E-state index in [0.717, 1.165) is 47.1 Å². The van der Waals surface area contributed by atoms with E-state index in [0.29, 0.717) is 36.3 Å². The molecule has 0 bridgehead atoms. The van der Waals surface area contributed by atoms with Crippen molar-refractivity contribution >= 4 is 34.2 Å². The molecule has 3 heterocycles. The number of aryl methyl sites for hydroxylation is 1. The zero-order chi connectivity index (χ0) is 28.4. The monoisotopic (exact) mass is 540 g/mol. The van der Waals surface area contributed by atoms with Crippen LogP contribution < -0.4 is 11.1 Å². The third-order valence-electron chi connectivity index (χ3n) is 7.64. The molecule has 2 aromatic heterocycles. The Morgan fingerprint density at radius 1 is 1.02 bits per heavy atom. The van der Waals surface area contributed by atoms with Crippen LogP contribution in [-0.2, 0) is 11.3 Å². The number of likely N-dealkylation sites (tertiary alicyclic amines) is 1. The number of fused-ring (bicyclic) bond motifs is 1. The largest absolute Gasteiger partial charge is 0.341 e. The lowest BCUT2D eigenvalue weighted by molar-refractivity contribution is -0.132. The second kappa shape index (κ2) is 11.5. The normalized spacial score (nSPS) is 14.1. The van der Waals surface area contributed by atoms with E-state index < -0.39 is 0 Å². The van der Waals surface area contributed by atoms with E-state index in [2.05, 4.69) is 10.4 Å². The number of ketones is 1. The number of benzene rings is 2. The van der Waals surface area contributed by atoms with E-state index in [1.54, 1.807) is 17.1 Å². The molecule has 0 saturated carbocycles. The Bertz CT molecular complexity index is 1560. The maximum atomic E-state index is 13.4. The third-order valence-corrected chi connectivity index (χ3v) is 7.64. The molecule has 5 rings (SSSR count). The van der Waals surface area contributed by atoms with E-state index in [-0.39, 0.29) is 30.2 Å². The lowest BCUT2D eigenvalue weighted by atomic mass is 10.1. The van der Waals surface area contributed by atoms with Gasteiger partial charge in [-0.2, -0.15) is 5.10 Å². The number of nitrogens with one attached hydrogen (secondary N) is 1. The van der Waals surface area contributed by atoms with Gasteiger partial charge in [0.15, 0.2) is 5.78 Å². The number of aromatic nitrogens is 3. The highest BCUT2D eigenvalue weighted by Gasteiger charge is 2.23. The average molecular weight is 541 g/mol. The fraction of sp³-hybridized carbons (Fsp3) is 0.355. The first-order valence-electron chi connectivity index (χ1n) is 13.9. The zero-order valence-electron chi connectivity index (χ0n) is 23.3. The first-order valence-corrected chi connectivity index (χ1v) is 13.9. The molecule has 1 aliphatic heterocycles. The first-order chi connectivity index (χ1) is 19.2. The number of hydrogen-bond donors (Lipinski definition) is 2. The number of amides is 2. The van der Waals surface area contributed by atoms with E-state index in [1.807, 2.05) is 72.7 Å². The van der Waals surface area contributed by atoms with Gasteiger partial charge in [0.2, 0.25) is 5.91 Å². The summed E-state index contributed by atoms with van der Waals surface area (Å²) in [5, 5.41) is 8.20. The number of carbonyl (C=O) groups excluding carboxylic acids is 3. The van der Waals surface area contributed by atoms with Crippen LogP contribution in [0.3, 0.4) is 0 Å². The predicted octanol–water partition coefficient (Wildman–Crippen LogP) is 4.63. The lowest BCUT2D eigenvalue weighted by Crippen LogP contribution is -2.44. The summed E-state index contributed by atoms with van der Waals surface area (Å²) in [6, 6.07) is 13.4. The molecule has 4 aromatic rings. The van der Waals surface area contributed by atoms with Gasteiger partial charge in [-0.05, 0) is 69.5 Å². The van der Waals surface area contributed by atoms with Gasteiger partial charge in [0.25, 0.3) is 5.91 Å². The van der Waals surface area contributed by atoms with Crippen molar-refractivity contribution in [3.05, 3.63) is 77.2 Å². The standard InChI is InChI=1S/C31H36N6O3/c1-4-5-29(38)26-17-33-37(21(26)3)24-9-7-23(8-10-24)34-31(40)27-18-36(28-11-6-20(2)16-25(27)28)19-30(39)35-14-12-22(32)13-15-35/h6-11,16-18,22H,4-5,12-15,19,32H2,1-3H3,(H,34,40). The number of nitrogens with two attached hydrogens (primary N) is 1. The molecule has 2 amide bonds. The zero-order valence-corrected chi connectivity index (χ0v) is 23.3. The highest BCUT2D eigenvalue weighted by molar-refractivity contribution is 6.13. The van der Waals surface area contributed by atoms with Gasteiger partial charge >= 0.3 is 0 Å². The molecule has 0 unspecified atom stereocenters. The molecule has 9 nitrogen and oxygen atoms in total. The maximum Gasteiger partial charge on any atom is 0.257 e. The number of rotatable bonds is 8. The van der Waals surface area contributed by atoms with Crippen molar-refractivity contribution in [1.29, 1.82) is 0 Å². The minimum atomic E-state index is -0.249. The maximum absolute atomic E-state index is 13.4. The Kier molecular flexibility index (Phi) is 7.84. The Morgan fingerprint density at radius 3 is 2.45 bits per heavy atom. The molecule has 40 heavy (non-hydrogen) atoms. The van der Waals surface area contributed by atoms with Gasteiger partial charge in [-0.1, -0.05) is 18.6 Å². The average Bonchev–Trinajstić information content (AvgIpc) is 3.49. The van der Waals surface area contributed by atoms with Gasteiger partial charge < -0.3 is 20.5 Å². The summed E-state index contributed by atoms with van der Waals surface area (Å²) in [4.78, 5) is 40.7. The van der Waals surface area contributed by atoms with Crippen molar-refractivity contribution in [3.8, 4) is 5.69 Å². The summed E-state index contributed by atoms with van der Waals surface area (Å²) in [5.41, 5.74) is 11.2. The minimum Gasteiger partial charge on any atom is -0.341 e. The van der Waals surface area contributed by atoms with Crippen molar-refractivity contribution in [1.82, 2.24) is 19.2 Å². The van der Waals surface area contributed by atoms with Crippen molar-refractivity contribution in [3.63, 3.8) is 0 Å². The van der Waals surface area contributed by atoms with Crippen LogP contribution in [-0.4, -0.2) is 56.0 Å². The van der Waals surface area contributed by atoms with Crippen molar-refractivity contribution < 1.29 is 14.4 Å². The number of nitrogens with zero attached hydrogens (tertiary/aromatic N) is 4. The SMILES string of the molecule is CCCC(=O)c1cnn(-c2ccc(NC(=O)c3cn(CC(=O)N4CCC(N)CC4)c4ccc(C)cc34)cc2)c1C. The summed E-state index contributed by atoms with van der Waals surface area (Å²) >= 11 is 0. The molecule has 9 heteroatoms. The van der Waals surface area contributed by atoms with Crippen LogP contribution in [0.1, 0.15) is 64.6 Å². The highest BCUT2D eigenvalue weighted by Crippen LogP contribution is 2.25. The molecular weight excluding hydrogens is 504 g/mol. The second-order valence-corrected chi connectivity index (χ2v) is 10.6. The predicted molar refractivity (Wildman–Crippen MR) is 156 cm³/mol. The molecule has 0 radical (unpaired) electrons. The summed E-state index contributed by atoms with van der Waals surface area (Å²) in [7, 11) is 0. The Hall–Kier alpha value is -4.24. The Morgan fingerprint density at radius 2 is 1.75 bits per heavy atom. The van der Waals surface area contributed by atoms with E-state index in [1.165, 1.54) is 0 Å². The molecule has 1 aliphatic rings. The van der Waals surface area contributed by atoms with Crippen LogP contribution in [0.15, 0.2) is 54.9 Å².